The molecule has 0 bridgehead atoms. The molecule has 2 unspecified atom stereocenters. The number of likely N-dealkylation sites (N-methyl/N-ethyl adjacent to an activating group) is 1. The molecule has 2 rings (SSSR count). The standard InChI is InChI=1S/C21H32NO3/c1-5-22(12-8-11-18(14-22)21(24)25-6-2)15-19(23)13-20-16(3)9-7-10-17(20)4/h7,9-10,18H,5-6,8,11-15H2,1-4H3/q+1. The minimum atomic E-state index is -0.0969. The molecule has 25 heavy (non-hydrogen) atoms. The number of ketones is 1. The number of piperidine rings is 1. The Morgan fingerprint density at radius 1 is 1.20 bits per heavy atom. The highest BCUT2D eigenvalue weighted by atomic mass is 16.5. The van der Waals surface area contributed by atoms with Gasteiger partial charge in [0.25, 0.3) is 0 Å². The molecule has 4 heteroatoms. The third-order valence-electron chi connectivity index (χ3n) is 5.61. The van der Waals surface area contributed by atoms with Crippen LogP contribution < -0.4 is 0 Å². The van der Waals surface area contributed by atoms with Gasteiger partial charge in [-0.1, -0.05) is 18.2 Å². The Hall–Kier alpha value is -1.68. The van der Waals surface area contributed by atoms with Gasteiger partial charge in [0.1, 0.15) is 12.5 Å². The molecule has 1 aromatic rings. The summed E-state index contributed by atoms with van der Waals surface area (Å²) in [5.74, 6) is 0.103. The number of carbonyl (C=O) groups excluding carboxylic acids is 2. The van der Waals surface area contributed by atoms with Crippen LogP contribution in [-0.2, 0) is 20.7 Å². The van der Waals surface area contributed by atoms with Crippen LogP contribution in [0.15, 0.2) is 18.2 Å². The van der Waals surface area contributed by atoms with Crippen molar-refractivity contribution in [3.05, 3.63) is 34.9 Å². The molecule has 1 aliphatic heterocycles. The second-order valence-corrected chi connectivity index (χ2v) is 7.40. The van der Waals surface area contributed by atoms with Crippen molar-refractivity contribution in [3.8, 4) is 0 Å². The highest BCUT2D eigenvalue weighted by Crippen LogP contribution is 2.25. The Morgan fingerprint density at radius 3 is 2.48 bits per heavy atom. The molecule has 1 aliphatic rings. The van der Waals surface area contributed by atoms with Gasteiger partial charge in [-0.15, -0.1) is 0 Å². The molecule has 0 aromatic heterocycles. The third-order valence-corrected chi connectivity index (χ3v) is 5.61. The fourth-order valence-electron chi connectivity index (χ4n) is 4.07. The molecule has 4 nitrogen and oxygen atoms in total. The van der Waals surface area contributed by atoms with Gasteiger partial charge in [0.15, 0.2) is 5.78 Å². The number of nitrogens with zero attached hydrogens (tertiary/aromatic N) is 1. The summed E-state index contributed by atoms with van der Waals surface area (Å²) < 4.78 is 5.93. The number of ether oxygens (including phenoxy) is 1. The minimum absolute atomic E-state index is 0.0679. The predicted molar refractivity (Wildman–Crippen MR) is 99.4 cm³/mol. The molecule has 0 amide bonds. The van der Waals surface area contributed by atoms with Crippen LogP contribution in [0.1, 0.15) is 43.4 Å². The molecule has 0 aliphatic carbocycles. The maximum absolute atomic E-state index is 12.8. The van der Waals surface area contributed by atoms with Gasteiger partial charge in [-0.05, 0) is 57.2 Å². The zero-order chi connectivity index (χ0) is 18.4. The van der Waals surface area contributed by atoms with Crippen molar-refractivity contribution in [2.75, 3.05) is 32.8 Å². The van der Waals surface area contributed by atoms with E-state index in [0.29, 0.717) is 24.1 Å². The van der Waals surface area contributed by atoms with Crippen LogP contribution >= 0.6 is 0 Å². The van der Waals surface area contributed by atoms with Gasteiger partial charge in [-0.3, -0.25) is 9.59 Å². The number of likely N-dealkylation sites (tertiary alicyclic amines) is 1. The van der Waals surface area contributed by atoms with E-state index in [-0.39, 0.29) is 17.7 Å². The van der Waals surface area contributed by atoms with Crippen LogP contribution in [0.25, 0.3) is 0 Å². The van der Waals surface area contributed by atoms with Gasteiger partial charge in [-0.25, -0.2) is 0 Å². The summed E-state index contributed by atoms with van der Waals surface area (Å²) >= 11 is 0. The number of carbonyl (C=O) groups is 2. The van der Waals surface area contributed by atoms with E-state index >= 15 is 0 Å². The molecule has 1 fully saturated rings. The van der Waals surface area contributed by atoms with E-state index < -0.39 is 0 Å². The maximum atomic E-state index is 12.8. The first-order valence-electron chi connectivity index (χ1n) is 9.49. The van der Waals surface area contributed by atoms with Crippen LogP contribution in [0.5, 0.6) is 0 Å². The number of Topliss-reactive ketones (excluding diaryl/α,β-unsaturated/α-hetero) is 1. The van der Waals surface area contributed by atoms with Gasteiger partial charge >= 0.3 is 5.97 Å². The normalized spacial score (nSPS) is 23.3. The lowest BCUT2D eigenvalue weighted by molar-refractivity contribution is -0.925. The molecule has 138 valence electrons. The zero-order valence-electron chi connectivity index (χ0n) is 16.1. The lowest BCUT2D eigenvalue weighted by Crippen LogP contribution is -2.57. The van der Waals surface area contributed by atoms with E-state index in [9.17, 15) is 9.59 Å². The van der Waals surface area contributed by atoms with E-state index in [1.54, 1.807) is 0 Å². The Morgan fingerprint density at radius 2 is 1.88 bits per heavy atom. The second-order valence-electron chi connectivity index (χ2n) is 7.40. The van der Waals surface area contributed by atoms with Gasteiger partial charge < -0.3 is 9.22 Å². The van der Waals surface area contributed by atoms with E-state index in [4.69, 9.17) is 4.74 Å². The van der Waals surface area contributed by atoms with Gasteiger partial charge in [0, 0.05) is 6.42 Å². The fourth-order valence-corrected chi connectivity index (χ4v) is 4.07. The molecule has 2 atom stereocenters. The van der Waals surface area contributed by atoms with Crippen molar-refractivity contribution in [2.45, 2.75) is 47.0 Å². The minimum Gasteiger partial charge on any atom is -0.466 e. The van der Waals surface area contributed by atoms with Crippen LogP contribution in [0.4, 0.5) is 0 Å². The van der Waals surface area contributed by atoms with Crippen LogP contribution in [-0.4, -0.2) is 49.0 Å². The van der Waals surface area contributed by atoms with E-state index in [2.05, 4.69) is 32.9 Å². The van der Waals surface area contributed by atoms with Crippen molar-refractivity contribution in [1.29, 1.82) is 0 Å². The lowest BCUT2D eigenvalue weighted by Gasteiger charge is -2.42. The third kappa shape index (κ3) is 4.91. The first-order chi connectivity index (χ1) is 11.9. The summed E-state index contributed by atoms with van der Waals surface area (Å²) in [7, 11) is 0. The Balaban J connectivity index is 2.07. The Labute approximate surface area is 151 Å². The summed E-state index contributed by atoms with van der Waals surface area (Å²) in [6.07, 6.45) is 2.35. The zero-order valence-corrected chi connectivity index (χ0v) is 16.1. The molecule has 1 saturated heterocycles. The summed E-state index contributed by atoms with van der Waals surface area (Å²) in [6.45, 7) is 11.6. The van der Waals surface area contributed by atoms with Crippen molar-refractivity contribution in [2.24, 2.45) is 5.92 Å². The number of hydrogen-bond acceptors (Lipinski definition) is 3. The number of esters is 1. The Kier molecular flexibility index (Phi) is 6.77. The van der Waals surface area contributed by atoms with Crippen molar-refractivity contribution in [1.82, 2.24) is 0 Å². The first kappa shape index (κ1) is 19.6. The second kappa shape index (κ2) is 8.61. The molecule has 1 aromatic carbocycles. The highest BCUT2D eigenvalue weighted by Gasteiger charge is 2.39. The number of hydrogen-bond donors (Lipinski definition) is 0. The lowest BCUT2D eigenvalue weighted by atomic mass is 9.93. The smallest absolute Gasteiger partial charge is 0.314 e. The molecule has 0 spiro atoms. The number of benzene rings is 1. The van der Waals surface area contributed by atoms with Crippen molar-refractivity contribution < 1.29 is 18.8 Å². The van der Waals surface area contributed by atoms with Gasteiger partial charge in [0.05, 0.1) is 26.2 Å². The first-order valence-corrected chi connectivity index (χ1v) is 9.49. The summed E-state index contributed by atoms with van der Waals surface area (Å²) in [5, 5.41) is 0. The average Bonchev–Trinajstić information content (AvgIpc) is 2.58. The maximum Gasteiger partial charge on any atom is 0.314 e. The predicted octanol–water partition coefficient (Wildman–Crippen LogP) is 3.22. The van der Waals surface area contributed by atoms with Crippen LogP contribution in [0, 0.1) is 19.8 Å². The fraction of sp³-hybridized carbons (Fsp3) is 0.619. The number of aryl methyl sites for hydroxylation is 2. The summed E-state index contributed by atoms with van der Waals surface area (Å²) in [4.78, 5) is 25.0. The molecule has 0 N–H and O–H groups in total. The molecular weight excluding hydrogens is 314 g/mol. The van der Waals surface area contributed by atoms with Crippen molar-refractivity contribution in [3.63, 3.8) is 0 Å². The molecule has 1 heterocycles. The van der Waals surface area contributed by atoms with Crippen molar-refractivity contribution >= 4 is 11.8 Å². The largest absolute Gasteiger partial charge is 0.466 e. The SMILES string of the molecule is CCOC(=O)C1CCC[N+](CC)(CC(=O)Cc2c(C)cccc2C)C1. The van der Waals surface area contributed by atoms with Gasteiger partial charge in [-0.2, -0.15) is 0 Å². The molecule has 0 radical (unpaired) electrons. The van der Waals surface area contributed by atoms with Crippen LogP contribution in [0.3, 0.4) is 0 Å². The van der Waals surface area contributed by atoms with E-state index in [1.165, 1.54) is 11.1 Å². The number of quaternary nitrogens is 1. The average molecular weight is 346 g/mol. The Bertz CT molecular complexity index is 605. The topological polar surface area (TPSA) is 43.4 Å². The molecule has 0 saturated carbocycles. The van der Waals surface area contributed by atoms with E-state index in [1.807, 2.05) is 13.0 Å². The van der Waals surface area contributed by atoms with Gasteiger partial charge in [0.2, 0.25) is 0 Å². The van der Waals surface area contributed by atoms with E-state index in [0.717, 1.165) is 38.0 Å². The monoisotopic (exact) mass is 346 g/mol. The highest BCUT2D eigenvalue weighted by molar-refractivity contribution is 5.82. The van der Waals surface area contributed by atoms with Crippen LogP contribution in [0.2, 0.25) is 0 Å². The molecular formula is C21H32NO3+. The summed E-state index contributed by atoms with van der Waals surface area (Å²) in [5.41, 5.74) is 3.51. The number of rotatable bonds is 7. The summed E-state index contributed by atoms with van der Waals surface area (Å²) in [6, 6.07) is 6.17. The quantitative estimate of drug-likeness (QED) is 0.562.